The third kappa shape index (κ3) is 3.54. The Labute approximate surface area is 112 Å². The Balaban J connectivity index is 2.01. The van der Waals surface area contributed by atoms with Crippen LogP contribution in [-0.4, -0.2) is 39.8 Å². The second kappa shape index (κ2) is 6.33. The lowest BCUT2D eigenvalue weighted by Crippen LogP contribution is -2.25. The van der Waals surface area contributed by atoms with E-state index in [9.17, 15) is 5.11 Å². The van der Waals surface area contributed by atoms with Crippen molar-refractivity contribution in [2.24, 2.45) is 0 Å². The molecule has 0 unspecified atom stereocenters. The zero-order valence-electron chi connectivity index (χ0n) is 11.3. The molecule has 1 aromatic carbocycles. The molecule has 19 heavy (non-hydrogen) atoms. The molecule has 0 aliphatic carbocycles. The molecule has 5 heteroatoms. The van der Waals surface area contributed by atoms with E-state index in [4.69, 9.17) is 4.52 Å². The van der Waals surface area contributed by atoms with E-state index in [0.717, 1.165) is 31.6 Å². The van der Waals surface area contributed by atoms with Crippen molar-refractivity contribution in [2.45, 2.75) is 20.3 Å². The second-order valence-corrected chi connectivity index (χ2v) is 4.34. The molecule has 0 atom stereocenters. The Morgan fingerprint density at radius 2 is 1.84 bits per heavy atom. The van der Waals surface area contributed by atoms with Crippen LogP contribution in [0.3, 0.4) is 0 Å². The minimum atomic E-state index is 0.231. The zero-order valence-corrected chi connectivity index (χ0v) is 11.3. The molecule has 1 aromatic heterocycles. The third-order valence-corrected chi connectivity index (χ3v) is 3.13. The van der Waals surface area contributed by atoms with Crippen LogP contribution in [0.5, 0.6) is 5.75 Å². The topological polar surface area (TPSA) is 62.4 Å². The molecule has 0 saturated carbocycles. The van der Waals surface area contributed by atoms with Crippen molar-refractivity contribution >= 4 is 0 Å². The summed E-state index contributed by atoms with van der Waals surface area (Å²) in [6.07, 6.45) is 0.757. The van der Waals surface area contributed by atoms with Gasteiger partial charge in [0.25, 0.3) is 0 Å². The van der Waals surface area contributed by atoms with E-state index in [-0.39, 0.29) is 5.75 Å². The van der Waals surface area contributed by atoms with E-state index in [1.54, 1.807) is 24.3 Å². The quantitative estimate of drug-likeness (QED) is 0.864. The largest absolute Gasteiger partial charge is 0.508 e. The Morgan fingerprint density at radius 3 is 2.47 bits per heavy atom. The van der Waals surface area contributed by atoms with E-state index >= 15 is 0 Å². The summed E-state index contributed by atoms with van der Waals surface area (Å²) in [6, 6.07) is 6.77. The molecule has 0 fully saturated rings. The molecule has 102 valence electrons. The Hall–Kier alpha value is -1.88. The van der Waals surface area contributed by atoms with Crippen molar-refractivity contribution in [2.75, 3.05) is 19.6 Å². The van der Waals surface area contributed by atoms with Crippen molar-refractivity contribution in [1.29, 1.82) is 0 Å². The number of phenolic OH excluding ortho intramolecular Hbond substituents is 1. The monoisotopic (exact) mass is 261 g/mol. The highest BCUT2D eigenvalue weighted by atomic mass is 16.5. The molecule has 0 aliphatic rings. The lowest BCUT2D eigenvalue weighted by Gasteiger charge is -2.15. The van der Waals surface area contributed by atoms with Crippen molar-refractivity contribution in [3.05, 3.63) is 30.2 Å². The van der Waals surface area contributed by atoms with Crippen molar-refractivity contribution in [3.8, 4) is 17.1 Å². The molecule has 5 nitrogen and oxygen atoms in total. The summed E-state index contributed by atoms with van der Waals surface area (Å²) >= 11 is 0. The summed E-state index contributed by atoms with van der Waals surface area (Å²) in [4.78, 5) is 6.67. The minimum Gasteiger partial charge on any atom is -0.508 e. The maximum absolute atomic E-state index is 9.24. The third-order valence-electron chi connectivity index (χ3n) is 3.13. The second-order valence-electron chi connectivity index (χ2n) is 4.34. The highest BCUT2D eigenvalue weighted by molar-refractivity contribution is 5.55. The lowest BCUT2D eigenvalue weighted by atomic mass is 10.2. The lowest BCUT2D eigenvalue weighted by molar-refractivity contribution is 0.287. The number of nitrogens with zero attached hydrogens (tertiary/aromatic N) is 3. The number of hydrogen-bond acceptors (Lipinski definition) is 5. The fourth-order valence-corrected chi connectivity index (χ4v) is 1.88. The fourth-order valence-electron chi connectivity index (χ4n) is 1.88. The van der Waals surface area contributed by atoms with Crippen molar-refractivity contribution in [3.63, 3.8) is 0 Å². The first-order chi connectivity index (χ1) is 9.22. The SMILES string of the molecule is CCN(CC)CCc1nc(-c2ccc(O)cc2)no1. The molecule has 1 N–H and O–H groups in total. The number of benzene rings is 1. The van der Waals surface area contributed by atoms with Crippen molar-refractivity contribution < 1.29 is 9.63 Å². The maximum Gasteiger partial charge on any atom is 0.228 e. The molecular formula is C14H19N3O2. The van der Waals surface area contributed by atoms with Gasteiger partial charge >= 0.3 is 0 Å². The number of rotatable bonds is 6. The van der Waals surface area contributed by atoms with Gasteiger partial charge in [-0.05, 0) is 37.4 Å². The molecule has 0 amide bonds. The maximum atomic E-state index is 9.24. The molecule has 0 spiro atoms. The van der Waals surface area contributed by atoms with Gasteiger partial charge in [0.15, 0.2) is 0 Å². The molecule has 0 radical (unpaired) electrons. The smallest absolute Gasteiger partial charge is 0.228 e. The molecule has 0 bridgehead atoms. The average Bonchev–Trinajstić information content (AvgIpc) is 2.89. The average molecular weight is 261 g/mol. The Kier molecular flexibility index (Phi) is 4.52. The molecule has 1 heterocycles. The predicted octanol–water partition coefficient (Wildman–Crippen LogP) is 2.33. The molecule has 0 saturated heterocycles. The number of hydrogen-bond donors (Lipinski definition) is 1. The van der Waals surface area contributed by atoms with E-state index in [1.165, 1.54) is 0 Å². The zero-order chi connectivity index (χ0) is 13.7. The standard InChI is InChI=1S/C14H19N3O2/c1-3-17(4-2)10-9-13-15-14(16-19-13)11-5-7-12(18)8-6-11/h5-8,18H,3-4,9-10H2,1-2H3. The summed E-state index contributed by atoms with van der Waals surface area (Å²) in [6.45, 7) is 7.24. The van der Waals surface area contributed by atoms with Gasteiger partial charge in [0, 0.05) is 18.5 Å². The highest BCUT2D eigenvalue weighted by Crippen LogP contribution is 2.19. The first kappa shape index (κ1) is 13.5. The van der Waals surface area contributed by atoms with Crippen LogP contribution in [0, 0.1) is 0 Å². The summed E-state index contributed by atoms with van der Waals surface area (Å²) in [5, 5.41) is 13.2. The summed E-state index contributed by atoms with van der Waals surface area (Å²) in [5.41, 5.74) is 0.843. The van der Waals surface area contributed by atoms with Crippen LogP contribution in [0.2, 0.25) is 0 Å². The van der Waals surface area contributed by atoms with E-state index < -0.39 is 0 Å². The van der Waals surface area contributed by atoms with Gasteiger partial charge in [-0.2, -0.15) is 4.98 Å². The number of likely N-dealkylation sites (N-methyl/N-ethyl adjacent to an activating group) is 1. The van der Waals surface area contributed by atoms with E-state index in [2.05, 4.69) is 28.9 Å². The van der Waals surface area contributed by atoms with Crippen LogP contribution >= 0.6 is 0 Å². The Morgan fingerprint density at radius 1 is 1.16 bits per heavy atom. The minimum absolute atomic E-state index is 0.231. The van der Waals surface area contributed by atoms with Crippen LogP contribution in [0.25, 0.3) is 11.4 Å². The summed E-state index contributed by atoms with van der Waals surface area (Å²) in [7, 11) is 0. The highest BCUT2D eigenvalue weighted by Gasteiger charge is 2.09. The normalized spacial score (nSPS) is 11.1. The number of phenols is 1. The first-order valence-electron chi connectivity index (χ1n) is 6.57. The van der Waals surface area contributed by atoms with Gasteiger partial charge < -0.3 is 14.5 Å². The van der Waals surface area contributed by atoms with Crippen LogP contribution in [0.15, 0.2) is 28.8 Å². The van der Waals surface area contributed by atoms with Crippen molar-refractivity contribution in [1.82, 2.24) is 15.0 Å². The van der Waals surface area contributed by atoms with Gasteiger partial charge in [0.05, 0.1) is 0 Å². The molecule has 0 aliphatic heterocycles. The van der Waals surface area contributed by atoms with Gasteiger partial charge in [-0.3, -0.25) is 0 Å². The van der Waals surface area contributed by atoms with E-state index in [1.807, 2.05) is 0 Å². The molecular weight excluding hydrogens is 242 g/mol. The molecule has 2 aromatic rings. The van der Waals surface area contributed by atoms with Crippen LogP contribution in [0.1, 0.15) is 19.7 Å². The van der Waals surface area contributed by atoms with Crippen LogP contribution < -0.4 is 0 Å². The predicted molar refractivity (Wildman–Crippen MR) is 72.9 cm³/mol. The molecule has 2 rings (SSSR count). The fraction of sp³-hybridized carbons (Fsp3) is 0.429. The first-order valence-corrected chi connectivity index (χ1v) is 6.57. The van der Waals surface area contributed by atoms with Gasteiger partial charge in [-0.15, -0.1) is 0 Å². The van der Waals surface area contributed by atoms with Gasteiger partial charge in [-0.25, -0.2) is 0 Å². The van der Waals surface area contributed by atoms with E-state index in [0.29, 0.717) is 11.7 Å². The van der Waals surface area contributed by atoms with Gasteiger partial charge in [0.2, 0.25) is 11.7 Å². The Bertz CT molecular complexity index is 504. The summed E-state index contributed by atoms with van der Waals surface area (Å²) in [5.74, 6) is 1.44. The van der Waals surface area contributed by atoms with Crippen LogP contribution in [-0.2, 0) is 6.42 Å². The number of aromatic hydroxyl groups is 1. The summed E-state index contributed by atoms with van der Waals surface area (Å²) < 4.78 is 5.24. The van der Waals surface area contributed by atoms with Gasteiger partial charge in [-0.1, -0.05) is 19.0 Å². The number of aromatic nitrogens is 2. The van der Waals surface area contributed by atoms with Gasteiger partial charge in [0.1, 0.15) is 5.75 Å². The van der Waals surface area contributed by atoms with Crippen LogP contribution in [0.4, 0.5) is 0 Å².